The smallest absolute Gasteiger partial charge is 0.242 e. The summed E-state index contributed by atoms with van der Waals surface area (Å²) >= 11 is 0. The summed E-state index contributed by atoms with van der Waals surface area (Å²) in [6, 6.07) is 2.28. The Morgan fingerprint density at radius 3 is 2.81 bits per heavy atom. The molecular formula is C12H21N3O. The first-order chi connectivity index (χ1) is 7.54. The van der Waals surface area contributed by atoms with Crippen molar-refractivity contribution in [1.29, 1.82) is 0 Å². The fourth-order valence-electron chi connectivity index (χ4n) is 1.45. The first kappa shape index (κ1) is 12.8. The molecule has 0 atom stereocenters. The fourth-order valence-corrected chi connectivity index (χ4v) is 1.45. The van der Waals surface area contributed by atoms with Crippen LogP contribution in [0, 0.1) is 0 Å². The van der Waals surface area contributed by atoms with E-state index in [0.29, 0.717) is 6.54 Å². The van der Waals surface area contributed by atoms with Crippen LogP contribution >= 0.6 is 0 Å². The Kier molecular flexibility index (Phi) is 4.55. The largest absolute Gasteiger partial charge is 0.345 e. The quantitative estimate of drug-likeness (QED) is 0.811. The second-order valence-electron chi connectivity index (χ2n) is 4.32. The molecule has 0 saturated carbocycles. The molecule has 0 aliphatic carbocycles. The third-order valence-corrected chi connectivity index (χ3v) is 2.68. The van der Waals surface area contributed by atoms with E-state index in [0.717, 1.165) is 6.54 Å². The van der Waals surface area contributed by atoms with E-state index in [1.165, 1.54) is 5.56 Å². The van der Waals surface area contributed by atoms with Crippen LogP contribution in [0.1, 0.15) is 19.4 Å². The Morgan fingerprint density at radius 1 is 1.56 bits per heavy atom. The van der Waals surface area contributed by atoms with E-state index in [2.05, 4.69) is 5.32 Å². The Labute approximate surface area is 97.2 Å². The average molecular weight is 223 g/mol. The van der Waals surface area contributed by atoms with Crippen molar-refractivity contribution in [3.63, 3.8) is 0 Å². The lowest BCUT2D eigenvalue weighted by Crippen LogP contribution is -2.35. The van der Waals surface area contributed by atoms with Gasteiger partial charge in [0, 0.05) is 32.0 Å². The van der Waals surface area contributed by atoms with E-state index in [-0.39, 0.29) is 11.9 Å². The maximum atomic E-state index is 11.8. The molecule has 1 rings (SSSR count). The molecule has 0 spiro atoms. The zero-order valence-corrected chi connectivity index (χ0v) is 10.5. The van der Waals surface area contributed by atoms with Crippen LogP contribution in [0.3, 0.4) is 0 Å². The lowest BCUT2D eigenvalue weighted by atomic mass is 10.3. The number of aromatic nitrogens is 1. The molecule has 0 saturated heterocycles. The minimum absolute atomic E-state index is 0.140. The number of hydrogen-bond acceptors (Lipinski definition) is 2. The van der Waals surface area contributed by atoms with Crippen molar-refractivity contribution < 1.29 is 4.79 Å². The maximum absolute atomic E-state index is 11.8. The highest BCUT2D eigenvalue weighted by molar-refractivity contribution is 5.76. The highest BCUT2D eigenvalue weighted by Gasteiger charge is 2.11. The van der Waals surface area contributed by atoms with E-state index in [1.807, 2.05) is 51.0 Å². The summed E-state index contributed by atoms with van der Waals surface area (Å²) in [7, 11) is 3.75. The molecule has 0 aromatic carbocycles. The summed E-state index contributed by atoms with van der Waals surface area (Å²) in [5, 5.41) is 3.08. The molecule has 1 amide bonds. The Balaban J connectivity index is 2.56. The number of nitrogens with zero attached hydrogens (tertiary/aromatic N) is 2. The van der Waals surface area contributed by atoms with Crippen LogP contribution in [0.2, 0.25) is 0 Å². The molecule has 4 heteroatoms. The third kappa shape index (κ3) is 3.38. The minimum Gasteiger partial charge on any atom is -0.345 e. The van der Waals surface area contributed by atoms with Gasteiger partial charge in [-0.15, -0.1) is 0 Å². The van der Waals surface area contributed by atoms with Gasteiger partial charge in [0.15, 0.2) is 0 Å². The molecule has 0 radical (unpaired) electrons. The Morgan fingerprint density at radius 2 is 2.25 bits per heavy atom. The third-order valence-electron chi connectivity index (χ3n) is 2.68. The molecule has 16 heavy (non-hydrogen) atoms. The monoisotopic (exact) mass is 223 g/mol. The van der Waals surface area contributed by atoms with Crippen LogP contribution in [0.25, 0.3) is 0 Å². The molecule has 1 N–H and O–H groups in total. The van der Waals surface area contributed by atoms with Gasteiger partial charge in [-0.2, -0.15) is 0 Å². The highest BCUT2D eigenvalue weighted by atomic mass is 16.2. The van der Waals surface area contributed by atoms with Gasteiger partial charge in [-0.05, 0) is 32.5 Å². The number of hydrogen-bond donors (Lipinski definition) is 1. The first-order valence-electron chi connectivity index (χ1n) is 5.59. The van der Waals surface area contributed by atoms with E-state index in [9.17, 15) is 4.79 Å². The molecule has 0 bridgehead atoms. The van der Waals surface area contributed by atoms with Crippen molar-refractivity contribution in [2.75, 3.05) is 14.1 Å². The Bertz CT molecular complexity index is 344. The van der Waals surface area contributed by atoms with Gasteiger partial charge in [-0.25, -0.2) is 0 Å². The van der Waals surface area contributed by atoms with Gasteiger partial charge in [0.2, 0.25) is 5.91 Å². The summed E-state index contributed by atoms with van der Waals surface area (Å²) in [6.45, 7) is 5.28. The van der Waals surface area contributed by atoms with Crippen LogP contribution in [-0.2, 0) is 17.9 Å². The summed E-state index contributed by atoms with van der Waals surface area (Å²) < 4.78 is 1.92. The van der Waals surface area contributed by atoms with Crippen molar-refractivity contribution in [3.8, 4) is 0 Å². The van der Waals surface area contributed by atoms with Gasteiger partial charge in [0.25, 0.3) is 0 Å². The SMILES string of the molecule is CNCc1ccn(CC(=O)N(C)C(C)C)c1. The topological polar surface area (TPSA) is 37.3 Å². The number of carbonyl (C=O) groups excluding carboxylic acids is 1. The number of likely N-dealkylation sites (N-methyl/N-ethyl adjacent to an activating group) is 1. The van der Waals surface area contributed by atoms with Crippen LogP contribution in [0.15, 0.2) is 18.5 Å². The van der Waals surface area contributed by atoms with Crippen LogP contribution < -0.4 is 5.32 Å². The zero-order chi connectivity index (χ0) is 12.1. The van der Waals surface area contributed by atoms with Gasteiger partial charge >= 0.3 is 0 Å². The lowest BCUT2D eigenvalue weighted by Gasteiger charge is -2.21. The van der Waals surface area contributed by atoms with E-state index < -0.39 is 0 Å². The molecule has 1 aromatic heterocycles. The summed E-state index contributed by atoms with van der Waals surface area (Å²) in [5.41, 5.74) is 1.20. The minimum atomic E-state index is 0.140. The number of nitrogens with one attached hydrogen (secondary N) is 1. The fraction of sp³-hybridized carbons (Fsp3) is 0.583. The number of amides is 1. The Hall–Kier alpha value is -1.29. The molecule has 0 aliphatic rings. The molecule has 90 valence electrons. The standard InChI is InChI=1S/C12H21N3O/c1-10(2)14(4)12(16)9-15-6-5-11(8-15)7-13-3/h5-6,8,10,13H,7,9H2,1-4H3. The van der Waals surface area contributed by atoms with E-state index in [1.54, 1.807) is 4.90 Å². The molecule has 0 fully saturated rings. The summed E-state index contributed by atoms with van der Waals surface area (Å²) in [6.07, 6.45) is 3.95. The second kappa shape index (κ2) is 5.70. The van der Waals surface area contributed by atoms with Gasteiger partial charge < -0.3 is 14.8 Å². The van der Waals surface area contributed by atoms with E-state index >= 15 is 0 Å². The second-order valence-corrected chi connectivity index (χ2v) is 4.32. The first-order valence-corrected chi connectivity index (χ1v) is 5.59. The summed E-state index contributed by atoms with van der Waals surface area (Å²) in [5.74, 6) is 0.140. The van der Waals surface area contributed by atoms with Crippen molar-refractivity contribution >= 4 is 5.91 Å². The molecule has 0 unspecified atom stereocenters. The summed E-state index contributed by atoms with van der Waals surface area (Å²) in [4.78, 5) is 13.6. The van der Waals surface area contributed by atoms with Crippen molar-refractivity contribution in [3.05, 3.63) is 24.0 Å². The van der Waals surface area contributed by atoms with Crippen LogP contribution in [0.4, 0.5) is 0 Å². The molecule has 0 aliphatic heterocycles. The predicted molar refractivity (Wildman–Crippen MR) is 65.1 cm³/mol. The van der Waals surface area contributed by atoms with Gasteiger partial charge in [0.1, 0.15) is 6.54 Å². The van der Waals surface area contributed by atoms with Crippen molar-refractivity contribution in [2.24, 2.45) is 0 Å². The molecule has 1 aromatic rings. The maximum Gasteiger partial charge on any atom is 0.242 e. The van der Waals surface area contributed by atoms with Crippen LogP contribution in [-0.4, -0.2) is 35.5 Å². The average Bonchev–Trinajstić information content (AvgIpc) is 2.65. The van der Waals surface area contributed by atoms with Crippen molar-refractivity contribution in [1.82, 2.24) is 14.8 Å². The number of carbonyl (C=O) groups is 1. The predicted octanol–water partition coefficient (Wildman–Crippen LogP) is 1.07. The van der Waals surface area contributed by atoms with Crippen molar-refractivity contribution in [2.45, 2.75) is 33.0 Å². The van der Waals surface area contributed by atoms with Gasteiger partial charge in [-0.3, -0.25) is 4.79 Å². The number of rotatable bonds is 5. The molecule has 1 heterocycles. The van der Waals surface area contributed by atoms with Gasteiger partial charge in [-0.1, -0.05) is 0 Å². The normalized spacial score (nSPS) is 10.8. The van der Waals surface area contributed by atoms with Crippen LogP contribution in [0.5, 0.6) is 0 Å². The van der Waals surface area contributed by atoms with E-state index in [4.69, 9.17) is 0 Å². The highest BCUT2D eigenvalue weighted by Crippen LogP contribution is 2.03. The van der Waals surface area contributed by atoms with Gasteiger partial charge in [0.05, 0.1) is 0 Å². The lowest BCUT2D eigenvalue weighted by molar-refractivity contribution is -0.131. The molecular weight excluding hydrogens is 202 g/mol. The zero-order valence-electron chi connectivity index (χ0n) is 10.5. The molecule has 4 nitrogen and oxygen atoms in total.